The van der Waals surface area contributed by atoms with Crippen LogP contribution in [0.15, 0.2) is 17.2 Å². The normalized spacial score (nSPS) is 25.0. The Morgan fingerprint density at radius 3 is 2.57 bits per heavy atom. The van der Waals surface area contributed by atoms with E-state index in [1.54, 1.807) is 4.57 Å². The van der Waals surface area contributed by atoms with E-state index < -0.39 is 10.0 Å². The molecule has 3 rings (SSSR count). The van der Waals surface area contributed by atoms with E-state index in [2.05, 4.69) is 0 Å². The van der Waals surface area contributed by atoms with E-state index in [-0.39, 0.29) is 16.8 Å². The van der Waals surface area contributed by atoms with Crippen molar-refractivity contribution in [1.29, 1.82) is 0 Å². The Balaban J connectivity index is 1.97. The van der Waals surface area contributed by atoms with Crippen LogP contribution in [0.5, 0.6) is 0 Å². The minimum absolute atomic E-state index is 0.000703. The summed E-state index contributed by atoms with van der Waals surface area (Å²) in [6.07, 6.45) is 4.79. The van der Waals surface area contributed by atoms with Gasteiger partial charge in [-0.15, -0.1) is 0 Å². The molecule has 0 radical (unpaired) electrons. The third-order valence-corrected chi connectivity index (χ3v) is 5.48. The summed E-state index contributed by atoms with van der Waals surface area (Å²) in [5.41, 5.74) is 0.418. The maximum absolute atomic E-state index is 12.8. The first-order valence-electron chi connectivity index (χ1n) is 7.33. The van der Waals surface area contributed by atoms with Gasteiger partial charge in [0, 0.05) is 24.8 Å². The van der Waals surface area contributed by atoms with Gasteiger partial charge in [0.1, 0.15) is 10.6 Å². The second-order valence-corrected chi connectivity index (χ2v) is 7.96. The van der Waals surface area contributed by atoms with Crippen LogP contribution in [0.1, 0.15) is 49.6 Å². The maximum Gasteiger partial charge on any atom is 0.270 e. The summed E-state index contributed by atoms with van der Waals surface area (Å²) < 4.78 is 24.8. The van der Waals surface area contributed by atoms with E-state index in [4.69, 9.17) is 5.14 Å². The number of amides is 1. The number of fused-ring (bicyclic) bond motifs is 2. The van der Waals surface area contributed by atoms with Crippen molar-refractivity contribution in [2.75, 3.05) is 6.54 Å². The fourth-order valence-electron chi connectivity index (χ4n) is 3.53. The van der Waals surface area contributed by atoms with Crippen molar-refractivity contribution < 1.29 is 13.2 Å². The average Bonchev–Trinajstić information content (AvgIpc) is 3.10. The van der Waals surface area contributed by atoms with Gasteiger partial charge in [-0.05, 0) is 45.1 Å². The average molecular weight is 311 g/mol. The second kappa shape index (κ2) is 4.84. The number of aromatic nitrogens is 1. The molecule has 1 amide bonds. The van der Waals surface area contributed by atoms with E-state index in [0.717, 1.165) is 19.4 Å². The molecule has 2 aliphatic rings. The minimum Gasteiger partial charge on any atom is -0.340 e. The van der Waals surface area contributed by atoms with Crippen molar-refractivity contribution in [2.24, 2.45) is 11.1 Å². The van der Waals surface area contributed by atoms with Crippen molar-refractivity contribution in [3.05, 3.63) is 18.0 Å². The highest BCUT2D eigenvalue weighted by Crippen LogP contribution is 2.38. The minimum atomic E-state index is -3.80. The van der Waals surface area contributed by atoms with Crippen LogP contribution in [-0.4, -0.2) is 36.4 Å². The number of carbonyl (C=O) groups is 1. The van der Waals surface area contributed by atoms with Gasteiger partial charge < -0.3 is 9.47 Å². The molecule has 2 bridgehead atoms. The Labute approximate surface area is 125 Å². The van der Waals surface area contributed by atoms with Gasteiger partial charge in [-0.25, -0.2) is 13.6 Å². The highest BCUT2D eigenvalue weighted by atomic mass is 32.2. The SMILES string of the molecule is CC(C)n1cc(S(N)(=O)=O)cc1C(=O)N1CC2CCC1C2. The fourth-order valence-corrected chi connectivity index (χ4v) is 4.07. The van der Waals surface area contributed by atoms with Gasteiger partial charge in [-0.3, -0.25) is 4.79 Å². The molecule has 2 N–H and O–H groups in total. The van der Waals surface area contributed by atoms with Crippen LogP contribution in [-0.2, 0) is 10.0 Å². The zero-order valence-corrected chi connectivity index (χ0v) is 13.1. The molecule has 21 heavy (non-hydrogen) atoms. The summed E-state index contributed by atoms with van der Waals surface area (Å²) >= 11 is 0. The first-order chi connectivity index (χ1) is 9.77. The molecule has 0 spiro atoms. The van der Waals surface area contributed by atoms with Crippen LogP contribution in [0, 0.1) is 5.92 Å². The Hall–Kier alpha value is -1.34. The molecule has 1 aliphatic heterocycles. The number of sulfonamides is 1. The number of likely N-dealkylation sites (tertiary alicyclic amines) is 1. The van der Waals surface area contributed by atoms with Gasteiger partial charge in [-0.1, -0.05) is 0 Å². The van der Waals surface area contributed by atoms with Gasteiger partial charge in [-0.2, -0.15) is 0 Å². The number of rotatable bonds is 3. The lowest BCUT2D eigenvalue weighted by atomic mass is 10.1. The predicted molar refractivity (Wildman–Crippen MR) is 78.4 cm³/mol. The molecule has 116 valence electrons. The van der Waals surface area contributed by atoms with Crippen molar-refractivity contribution in [3.8, 4) is 0 Å². The number of piperidine rings is 1. The molecule has 2 unspecified atom stereocenters. The zero-order valence-electron chi connectivity index (χ0n) is 12.3. The molecule has 1 aromatic rings. The van der Waals surface area contributed by atoms with Crippen molar-refractivity contribution in [1.82, 2.24) is 9.47 Å². The smallest absolute Gasteiger partial charge is 0.270 e. The summed E-state index contributed by atoms with van der Waals surface area (Å²) in [6, 6.07) is 1.72. The lowest BCUT2D eigenvalue weighted by molar-refractivity contribution is 0.0691. The van der Waals surface area contributed by atoms with E-state index in [0.29, 0.717) is 17.7 Å². The maximum atomic E-state index is 12.8. The van der Waals surface area contributed by atoms with Crippen molar-refractivity contribution >= 4 is 15.9 Å². The number of nitrogens with zero attached hydrogens (tertiary/aromatic N) is 2. The predicted octanol–water partition coefficient (Wildman–Crippen LogP) is 1.34. The molecule has 2 fully saturated rings. The molecule has 7 heteroatoms. The summed E-state index contributed by atoms with van der Waals surface area (Å²) in [4.78, 5) is 14.7. The van der Waals surface area contributed by atoms with Gasteiger partial charge in [0.15, 0.2) is 0 Å². The second-order valence-electron chi connectivity index (χ2n) is 6.40. The monoisotopic (exact) mass is 311 g/mol. The summed E-state index contributed by atoms with van der Waals surface area (Å²) in [5.74, 6) is 0.532. The number of nitrogens with two attached hydrogens (primary N) is 1. The molecular formula is C14H21N3O3S. The van der Waals surface area contributed by atoms with Gasteiger partial charge in [0.25, 0.3) is 5.91 Å². The Kier molecular flexibility index (Phi) is 3.37. The van der Waals surface area contributed by atoms with E-state index in [1.807, 2.05) is 18.7 Å². The standard InChI is InChI=1S/C14H21N3O3S/c1-9(2)16-8-12(21(15,19)20)6-13(16)14(18)17-7-10-3-4-11(17)5-10/h6,8-11H,3-5,7H2,1-2H3,(H2,15,19,20). The highest BCUT2D eigenvalue weighted by molar-refractivity contribution is 7.89. The highest BCUT2D eigenvalue weighted by Gasteiger charge is 2.41. The first-order valence-corrected chi connectivity index (χ1v) is 8.87. The summed E-state index contributed by atoms with van der Waals surface area (Å²) in [7, 11) is -3.80. The van der Waals surface area contributed by atoms with Crippen LogP contribution in [0.2, 0.25) is 0 Å². The molecule has 1 saturated carbocycles. The van der Waals surface area contributed by atoms with Crippen LogP contribution < -0.4 is 5.14 Å². The van der Waals surface area contributed by atoms with Gasteiger partial charge in [0.05, 0.1) is 0 Å². The first kappa shape index (κ1) is 14.6. The zero-order chi connectivity index (χ0) is 15.4. The van der Waals surface area contributed by atoms with E-state index >= 15 is 0 Å². The molecule has 2 atom stereocenters. The Morgan fingerprint density at radius 2 is 2.10 bits per heavy atom. The number of primary sulfonamides is 1. The lowest BCUT2D eigenvalue weighted by Gasteiger charge is -2.27. The van der Waals surface area contributed by atoms with E-state index in [9.17, 15) is 13.2 Å². The van der Waals surface area contributed by atoms with Gasteiger partial charge >= 0.3 is 0 Å². The molecule has 6 nitrogen and oxygen atoms in total. The third kappa shape index (κ3) is 2.48. The number of carbonyl (C=O) groups excluding carboxylic acids is 1. The molecule has 1 aromatic heterocycles. The quantitative estimate of drug-likeness (QED) is 0.914. The number of hydrogen-bond acceptors (Lipinski definition) is 3. The Morgan fingerprint density at radius 1 is 1.38 bits per heavy atom. The molecule has 0 aromatic carbocycles. The third-order valence-electron chi connectivity index (χ3n) is 4.60. The topological polar surface area (TPSA) is 85.4 Å². The van der Waals surface area contributed by atoms with Crippen molar-refractivity contribution in [2.45, 2.75) is 50.1 Å². The van der Waals surface area contributed by atoms with Crippen LogP contribution in [0.3, 0.4) is 0 Å². The van der Waals surface area contributed by atoms with Gasteiger partial charge in [0.2, 0.25) is 10.0 Å². The number of hydrogen-bond donors (Lipinski definition) is 1. The van der Waals surface area contributed by atoms with E-state index in [1.165, 1.54) is 18.7 Å². The summed E-state index contributed by atoms with van der Waals surface area (Å²) in [5, 5.41) is 5.19. The van der Waals surface area contributed by atoms with Crippen LogP contribution in [0.25, 0.3) is 0 Å². The van der Waals surface area contributed by atoms with Crippen molar-refractivity contribution in [3.63, 3.8) is 0 Å². The summed E-state index contributed by atoms with van der Waals surface area (Å²) in [6.45, 7) is 4.62. The molecular weight excluding hydrogens is 290 g/mol. The van der Waals surface area contributed by atoms with Crippen LogP contribution in [0.4, 0.5) is 0 Å². The Bertz CT molecular complexity index is 678. The van der Waals surface area contributed by atoms with Crippen LogP contribution >= 0.6 is 0 Å². The fraction of sp³-hybridized carbons (Fsp3) is 0.643. The largest absolute Gasteiger partial charge is 0.340 e. The molecule has 1 saturated heterocycles. The molecule has 1 aliphatic carbocycles. The lowest BCUT2D eigenvalue weighted by Crippen LogP contribution is -2.38. The molecule has 2 heterocycles.